The highest BCUT2D eigenvalue weighted by atomic mass is 35.5. The van der Waals surface area contributed by atoms with Crippen LogP contribution < -0.4 is 10.1 Å². The van der Waals surface area contributed by atoms with Gasteiger partial charge in [0.05, 0.1) is 18.9 Å². The van der Waals surface area contributed by atoms with Gasteiger partial charge in [-0.25, -0.2) is 17.1 Å². The number of halogens is 2. The second-order valence-electron chi connectivity index (χ2n) is 7.87. The molecule has 1 saturated heterocycles. The van der Waals surface area contributed by atoms with Gasteiger partial charge in [-0.2, -0.15) is 0 Å². The first kappa shape index (κ1) is 24.5. The molecule has 1 heterocycles. The monoisotopic (exact) mass is 482 g/mol. The van der Waals surface area contributed by atoms with Crippen LogP contribution in [0.5, 0.6) is 5.75 Å². The van der Waals surface area contributed by atoms with E-state index in [4.69, 9.17) is 16.3 Å². The Kier molecular flexibility index (Phi) is 8.14. The molecule has 1 N–H and O–H groups in total. The van der Waals surface area contributed by atoms with Crippen molar-refractivity contribution in [1.82, 2.24) is 9.62 Å². The lowest BCUT2D eigenvalue weighted by Crippen LogP contribution is -2.44. The zero-order valence-electron chi connectivity index (χ0n) is 18.2. The van der Waals surface area contributed by atoms with Crippen molar-refractivity contribution in [2.24, 2.45) is 5.92 Å². The lowest BCUT2D eigenvalue weighted by atomic mass is 9.95. The van der Waals surface area contributed by atoms with E-state index in [1.54, 1.807) is 7.11 Å². The van der Waals surface area contributed by atoms with E-state index >= 15 is 0 Å². The van der Waals surface area contributed by atoms with Crippen LogP contribution in [-0.4, -0.2) is 38.8 Å². The summed E-state index contributed by atoms with van der Waals surface area (Å²) in [4.78, 5) is 12.8. The lowest BCUT2D eigenvalue weighted by molar-refractivity contribution is -0.126. The highest BCUT2D eigenvalue weighted by Crippen LogP contribution is 2.27. The van der Waals surface area contributed by atoms with Crippen LogP contribution in [0.4, 0.5) is 4.39 Å². The van der Waals surface area contributed by atoms with Crippen molar-refractivity contribution in [2.75, 3.05) is 20.2 Å². The Bertz CT molecular complexity index is 1020. The summed E-state index contributed by atoms with van der Waals surface area (Å²) in [5, 5.41) is 3.17. The fraction of sp³-hybridized carbons (Fsp3) is 0.435. The number of carbonyl (C=O) groups is 1. The molecule has 1 atom stereocenters. The Balaban J connectivity index is 1.58. The number of nitrogens with one attached hydrogen (secondary N) is 1. The van der Waals surface area contributed by atoms with Crippen molar-refractivity contribution in [3.05, 3.63) is 64.4 Å². The van der Waals surface area contributed by atoms with Crippen molar-refractivity contribution < 1.29 is 22.3 Å². The van der Waals surface area contributed by atoms with Gasteiger partial charge in [-0.15, -0.1) is 0 Å². The van der Waals surface area contributed by atoms with Gasteiger partial charge in [0.2, 0.25) is 15.9 Å². The number of benzene rings is 2. The van der Waals surface area contributed by atoms with Crippen LogP contribution in [0.2, 0.25) is 5.02 Å². The second kappa shape index (κ2) is 10.6. The van der Waals surface area contributed by atoms with E-state index in [1.165, 1.54) is 22.5 Å². The molecule has 0 aromatic heterocycles. The predicted molar refractivity (Wildman–Crippen MR) is 122 cm³/mol. The number of amides is 1. The van der Waals surface area contributed by atoms with Crippen LogP contribution in [0.1, 0.15) is 43.4 Å². The van der Waals surface area contributed by atoms with Gasteiger partial charge in [-0.1, -0.05) is 36.7 Å². The van der Waals surface area contributed by atoms with E-state index in [1.807, 2.05) is 31.2 Å². The van der Waals surface area contributed by atoms with Crippen LogP contribution in [-0.2, 0) is 20.6 Å². The molecule has 1 amide bonds. The summed E-state index contributed by atoms with van der Waals surface area (Å²) < 4.78 is 46.1. The normalized spacial score (nSPS) is 16.5. The van der Waals surface area contributed by atoms with Crippen LogP contribution in [0.3, 0.4) is 0 Å². The average Bonchev–Trinajstić information content (AvgIpc) is 2.80. The Morgan fingerprint density at radius 2 is 1.88 bits per heavy atom. The molecule has 2 aromatic rings. The van der Waals surface area contributed by atoms with Gasteiger partial charge in [-0.3, -0.25) is 4.79 Å². The topological polar surface area (TPSA) is 75.7 Å². The average molecular weight is 483 g/mol. The maximum atomic E-state index is 14.0. The Labute approximate surface area is 193 Å². The number of methoxy groups -OCH3 is 1. The van der Waals surface area contributed by atoms with Crippen molar-refractivity contribution in [3.8, 4) is 5.75 Å². The maximum absolute atomic E-state index is 14.0. The van der Waals surface area contributed by atoms with Crippen LogP contribution in [0, 0.1) is 11.7 Å². The number of ether oxygens (including phenoxy) is 1. The summed E-state index contributed by atoms with van der Waals surface area (Å²) in [6.45, 7) is 2.43. The molecule has 0 radical (unpaired) electrons. The maximum Gasteiger partial charge on any atom is 0.223 e. The van der Waals surface area contributed by atoms with Gasteiger partial charge in [0.1, 0.15) is 11.6 Å². The Hall–Kier alpha value is -2.16. The number of nitrogens with zero attached hydrogens (tertiary/aromatic N) is 1. The van der Waals surface area contributed by atoms with Crippen molar-refractivity contribution in [2.45, 2.75) is 38.0 Å². The molecule has 2 aromatic carbocycles. The van der Waals surface area contributed by atoms with E-state index < -0.39 is 21.6 Å². The van der Waals surface area contributed by atoms with E-state index in [0.717, 1.165) is 17.7 Å². The highest BCUT2D eigenvalue weighted by Gasteiger charge is 2.32. The number of piperidine rings is 1. The third kappa shape index (κ3) is 5.79. The number of carbonyl (C=O) groups excluding carboxylic acids is 1. The van der Waals surface area contributed by atoms with Gasteiger partial charge < -0.3 is 10.1 Å². The summed E-state index contributed by atoms with van der Waals surface area (Å²) >= 11 is 5.99. The summed E-state index contributed by atoms with van der Waals surface area (Å²) in [6, 6.07) is 11.5. The first-order chi connectivity index (χ1) is 15.2. The summed E-state index contributed by atoms with van der Waals surface area (Å²) in [6.07, 6.45) is 1.55. The summed E-state index contributed by atoms with van der Waals surface area (Å²) in [5.74, 6) is -0.739. The first-order valence-electron chi connectivity index (χ1n) is 10.6. The smallest absolute Gasteiger partial charge is 0.223 e. The molecule has 9 heteroatoms. The molecule has 1 fully saturated rings. The quantitative estimate of drug-likeness (QED) is 0.608. The molecule has 1 aliphatic rings. The molecule has 3 rings (SSSR count). The molecule has 0 aliphatic carbocycles. The van der Waals surface area contributed by atoms with Crippen LogP contribution >= 0.6 is 11.6 Å². The van der Waals surface area contributed by atoms with Crippen LogP contribution in [0.25, 0.3) is 0 Å². The third-order valence-corrected chi connectivity index (χ3v) is 8.01. The Morgan fingerprint density at radius 1 is 1.22 bits per heavy atom. The second-order valence-corrected chi connectivity index (χ2v) is 10.2. The number of hydrogen-bond donors (Lipinski definition) is 1. The molecular formula is C23H28ClFN2O4S. The molecule has 174 valence electrons. The summed E-state index contributed by atoms with van der Waals surface area (Å²) in [7, 11) is -2.14. The molecular weight excluding hydrogens is 455 g/mol. The first-order valence-corrected chi connectivity index (χ1v) is 12.6. The zero-order chi connectivity index (χ0) is 23.3. The van der Waals surface area contributed by atoms with E-state index in [2.05, 4.69) is 5.32 Å². The Morgan fingerprint density at radius 3 is 2.44 bits per heavy atom. The molecule has 32 heavy (non-hydrogen) atoms. The molecule has 0 bridgehead atoms. The largest absolute Gasteiger partial charge is 0.497 e. The van der Waals surface area contributed by atoms with Gasteiger partial charge in [0.15, 0.2) is 0 Å². The predicted octanol–water partition coefficient (Wildman–Crippen LogP) is 4.30. The SMILES string of the molecule is CC[C@H](NC(=O)C1CCN(S(=O)(=O)Cc2c(F)cccc2Cl)CC1)c1ccc(OC)cc1. The molecule has 1 aliphatic heterocycles. The van der Waals surface area contributed by atoms with Crippen molar-refractivity contribution >= 4 is 27.5 Å². The number of hydrogen-bond acceptors (Lipinski definition) is 4. The van der Waals surface area contributed by atoms with Crippen LogP contribution in [0.15, 0.2) is 42.5 Å². The fourth-order valence-electron chi connectivity index (χ4n) is 3.89. The standard InChI is InChI=1S/C23H28ClFN2O4S/c1-3-22(16-7-9-18(31-2)10-8-16)26-23(28)17-11-13-27(14-12-17)32(29,30)15-19-20(24)5-4-6-21(19)25/h4-10,17,22H,3,11-15H2,1-2H3,(H,26,28)/t22-/m0/s1. The third-order valence-electron chi connectivity index (χ3n) is 5.85. The van der Waals surface area contributed by atoms with Gasteiger partial charge in [0, 0.05) is 29.6 Å². The lowest BCUT2D eigenvalue weighted by Gasteiger charge is -2.31. The molecule has 6 nitrogen and oxygen atoms in total. The van der Waals surface area contributed by atoms with E-state index in [0.29, 0.717) is 12.8 Å². The number of sulfonamides is 1. The van der Waals surface area contributed by atoms with Gasteiger partial charge >= 0.3 is 0 Å². The van der Waals surface area contributed by atoms with Crippen molar-refractivity contribution in [1.29, 1.82) is 0 Å². The molecule has 0 saturated carbocycles. The molecule has 0 unspecified atom stereocenters. The fourth-order valence-corrected chi connectivity index (χ4v) is 5.80. The van der Waals surface area contributed by atoms with Gasteiger partial charge in [0.25, 0.3) is 0 Å². The zero-order valence-corrected chi connectivity index (χ0v) is 19.8. The van der Waals surface area contributed by atoms with Crippen molar-refractivity contribution in [3.63, 3.8) is 0 Å². The van der Waals surface area contributed by atoms with E-state index in [-0.39, 0.29) is 41.5 Å². The minimum Gasteiger partial charge on any atom is -0.497 e. The highest BCUT2D eigenvalue weighted by molar-refractivity contribution is 7.88. The molecule has 0 spiro atoms. The minimum absolute atomic E-state index is 0.0284. The number of rotatable bonds is 8. The van der Waals surface area contributed by atoms with E-state index in [9.17, 15) is 17.6 Å². The minimum atomic E-state index is -3.74. The summed E-state index contributed by atoms with van der Waals surface area (Å²) in [5.41, 5.74) is 0.961. The van der Waals surface area contributed by atoms with Gasteiger partial charge in [-0.05, 0) is 49.1 Å².